The Hall–Kier alpha value is -2.15. The Morgan fingerprint density at radius 1 is 1.45 bits per heavy atom. The SMILES string of the molecule is O=C(NCC(O)C1CC1)c1cc2c(OC(F)F)cccc2[nH]1. The first kappa shape index (κ1) is 14.8. The number of H-pyrrole nitrogens is 1. The predicted molar refractivity (Wildman–Crippen MR) is 76.0 cm³/mol. The number of halogens is 2. The van der Waals surface area contributed by atoms with Crippen molar-refractivity contribution in [3.8, 4) is 5.75 Å². The van der Waals surface area contributed by atoms with Crippen LogP contribution in [0.4, 0.5) is 8.78 Å². The second-order valence-corrected chi connectivity index (χ2v) is 5.39. The molecule has 1 atom stereocenters. The van der Waals surface area contributed by atoms with Crippen LogP contribution in [0.1, 0.15) is 23.3 Å². The van der Waals surface area contributed by atoms with Crippen LogP contribution in [0.25, 0.3) is 10.9 Å². The molecular weight excluding hydrogens is 294 g/mol. The van der Waals surface area contributed by atoms with Gasteiger partial charge in [0.05, 0.1) is 6.10 Å². The number of nitrogens with one attached hydrogen (secondary N) is 2. The molecule has 3 N–H and O–H groups in total. The van der Waals surface area contributed by atoms with Gasteiger partial charge in [-0.15, -0.1) is 0 Å². The minimum absolute atomic E-state index is 0.0146. The van der Waals surface area contributed by atoms with Crippen LogP contribution >= 0.6 is 0 Å². The summed E-state index contributed by atoms with van der Waals surface area (Å²) in [6.07, 6.45) is 1.43. The Morgan fingerprint density at radius 2 is 2.23 bits per heavy atom. The molecule has 5 nitrogen and oxygen atoms in total. The summed E-state index contributed by atoms with van der Waals surface area (Å²) in [6.45, 7) is -2.74. The fourth-order valence-electron chi connectivity index (χ4n) is 2.39. The van der Waals surface area contributed by atoms with Crippen LogP contribution in [0, 0.1) is 5.92 Å². The number of hydrogen-bond donors (Lipinski definition) is 3. The summed E-state index contributed by atoms with van der Waals surface area (Å²) in [5.74, 6) is -0.103. The highest BCUT2D eigenvalue weighted by Gasteiger charge is 2.29. The summed E-state index contributed by atoms with van der Waals surface area (Å²) < 4.78 is 29.2. The average Bonchev–Trinajstić information content (AvgIpc) is 3.23. The molecule has 0 bridgehead atoms. The largest absolute Gasteiger partial charge is 0.434 e. The van der Waals surface area contributed by atoms with Gasteiger partial charge in [0, 0.05) is 17.4 Å². The van der Waals surface area contributed by atoms with Crippen molar-refractivity contribution in [3.63, 3.8) is 0 Å². The number of benzene rings is 1. The van der Waals surface area contributed by atoms with Gasteiger partial charge in [0.15, 0.2) is 0 Å². The number of fused-ring (bicyclic) bond motifs is 1. The molecule has 0 saturated heterocycles. The molecule has 0 aliphatic heterocycles. The van der Waals surface area contributed by atoms with Crippen molar-refractivity contribution in [3.05, 3.63) is 30.0 Å². The molecule has 1 saturated carbocycles. The lowest BCUT2D eigenvalue weighted by Crippen LogP contribution is -2.33. The van der Waals surface area contributed by atoms with E-state index in [0.29, 0.717) is 10.9 Å². The van der Waals surface area contributed by atoms with Crippen molar-refractivity contribution in [2.75, 3.05) is 6.54 Å². The zero-order valence-electron chi connectivity index (χ0n) is 11.7. The Bertz CT molecular complexity index is 682. The van der Waals surface area contributed by atoms with Crippen molar-refractivity contribution in [1.29, 1.82) is 0 Å². The molecule has 1 amide bonds. The van der Waals surface area contributed by atoms with E-state index in [2.05, 4.69) is 15.0 Å². The average molecular weight is 310 g/mol. The summed E-state index contributed by atoms with van der Waals surface area (Å²) in [7, 11) is 0. The predicted octanol–water partition coefficient (Wildman–Crippen LogP) is 2.27. The third-order valence-electron chi connectivity index (χ3n) is 3.72. The van der Waals surface area contributed by atoms with Crippen molar-refractivity contribution < 1.29 is 23.4 Å². The number of rotatable bonds is 6. The number of carbonyl (C=O) groups is 1. The Labute approximate surface area is 125 Å². The van der Waals surface area contributed by atoms with Gasteiger partial charge in [0.1, 0.15) is 11.4 Å². The van der Waals surface area contributed by atoms with Crippen LogP contribution in [0.5, 0.6) is 5.75 Å². The van der Waals surface area contributed by atoms with Gasteiger partial charge in [-0.1, -0.05) is 6.07 Å². The zero-order chi connectivity index (χ0) is 15.7. The Kier molecular flexibility index (Phi) is 3.98. The van der Waals surface area contributed by atoms with Gasteiger partial charge in [0.2, 0.25) is 0 Å². The van der Waals surface area contributed by atoms with Crippen LogP contribution < -0.4 is 10.1 Å². The maximum Gasteiger partial charge on any atom is 0.387 e. The lowest BCUT2D eigenvalue weighted by Gasteiger charge is -2.09. The molecule has 118 valence electrons. The van der Waals surface area contributed by atoms with E-state index < -0.39 is 12.7 Å². The van der Waals surface area contributed by atoms with Crippen molar-refractivity contribution in [2.45, 2.75) is 25.6 Å². The van der Waals surface area contributed by atoms with E-state index in [9.17, 15) is 18.7 Å². The third kappa shape index (κ3) is 3.19. The molecule has 1 aliphatic rings. The lowest BCUT2D eigenvalue weighted by molar-refractivity contribution is -0.0487. The topological polar surface area (TPSA) is 74.3 Å². The van der Waals surface area contributed by atoms with Gasteiger partial charge in [-0.05, 0) is 37.0 Å². The molecule has 22 heavy (non-hydrogen) atoms. The number of ether oxygens (including phenoxy) is 1. The molecule has 7 heteroatoms. The van der Waals surface area contributed by atoms with E-state index in [0.717, 1.165) is 12.8 Å². The zero-order valence-corrected chi connectivity index (χ0v) is 11.7. The number of aromatic amines is 1. The molecule has 1 heterocycles. The normalized spacial score (nSPS) is 16.0. The lowest BCUT2D eigenvalue weighted by atomic mass is 10.2. The Balaban J connectivity index is 1.74. The van der Waals surface area contributed by atoms with Gasteiger partial charge in [-0.2, -0.15) is 8.78 Å². The number of amides is 1. The first-order valence-corrected chi connectivity index (χ1v) is 7.07. The second kappa shape index (κ2) is 5.92. The number of carbonyl (C=O) groups excluding carboxylic acids is 1. The summed E-state index contributed by atoms with van der Waals surface area (Å²) in [6, 6.07) is 6.12. The quantitative estimate of drug-likeness (QED) is 0.766. The molecule has 2 aromatic rings. The minimum atomic E-state index is -2.92. The van der Waals surface area contributed by atoms with Crippen LogP contribution in [0.3, 0.4) is 0 Å². The van der Waals surface area contributed by atoms with Crippen LogP contribution in [0.15, 0.2) is 24.3 Å². The van der Waals surface area contributed by atoms with Crippen LogP contribution in [-0.4, -0.2) is 35.3 Å². The summed E-state index contributed by atoms with van der Waals surface area (Å²) >= 11 is 0. The highest BCUT2D eigenvalue weighted by molar-refractivity contribution is 5.99. The molecule has 0 spiro atoms. The number of aliphatic hydroxyl groups excluding tert-OH is 1. The molecule has 1 aromatic carbocycles. The molecule has 0 radical (unpaired) electrons. The van der Waals surface area contributed by atoms with Gasteiger partial charge in [-0.3, -0.25) is 4.79 Å². The smallest absolute Gasteiger partial charge is 0.387 e. The van der Waals surface area contributed by atoms with E-state index in [1.165, 1.54) is 12.1 Å². The Morgan fingerprint density at radius 3 is 2.91 bits per heavy atom. The van der Waals surface area contributed by atoms with Crippen LogP contribution in [0.2, 0.25) is 0 Å². The van der Waals surface area contributed by atoms with E-state index in [1.807, 2.05) is 0 Å². The standard InChI is InChI=1S/C15H16F2N2O3/c16-15(17)22-13-3-1-2-10-9(13)6-11(19-10)14(21)18-7-12(20)8-4-5-8/h1-3,6,8,12,15,19-20H,4-5,7H2,(H,18,21). The van der Waals surface area contributed by atoms with Gasteiger partial charge in [0.25, 0.3) is 5.91 Å². The molecule has 1 aromatic heterocycles. The maximum absolute atomic E-state index is 12.4. The summed E-state index contributed by atoms with van der Waals surface area (Å²) in [5.41, 5.74) is 0.773. The number of aliphatic hydroxyl groups is 1. The highest BCUT2D eigenvalue weighted by Crippen LogP contribution is 2.32. The summed E-state index contributed by atoms with van der Waals surface area (Å²) in [4.78, 5) is 14.9. The summed E-state index contributed by atoms with van der Waals surface area (Å²) in [5, 5.41) is 12.8. The molecule has 3 rings (SSSR count). The van der Waals surface area contributed by atoms with E-state index in [4.69, 9.17) is 0 Å². The first-order chi connectivity index (χ1) is 10.5. The van der Waals surface area contributed by atoms with E-state index in [1.54, 1.807) is 12.1 Å². The van der Waals surface area contributed by atoms with Gasteiger partial charge < -0.3 is 20.1 Å². The second-order valence-electron chi connectivity index (χ2n) is 5.39. The third-order valence-corrected chi connectivity index (χ3v) is 3.72. The molecule has 1 fully saturated rings. The fourth-order valence-corrected chi connectivity index (χ4v) is 2.39. The molecule has 1 unspecified atom stereocenters. The first-order valence-electron chi connectivity index (χ1n) is 7.07. The maximum atomic E-state index is 12.4. The van der Waals surface area contributed by atoms with Gasteiger partial charge >= 0.3 is 6.61 Å². The monoisotopic (exact) mass is 310 g/mol. The van der Waals surface area contributed by atoms with Crippen molar-refractivity contribution in [1.82, 2.24) is 10.3 Å². The number of alkyl halides is 2. The van der Waals surface area contributed by atoms with E-state index >= 15 is 0 Å². The molecule has 1 aliphatic carbocycles. The highest BCUT2D eigenvalue weighted by atomic mass is 19.3. The minimum Gasteiger partial charge on any atom is -0.434 e. The number of aromatic nitrogens is 1. The van der Waals surface area contributed by atoms with Crippen LogP contribution in [-0.2, 0) is 0 Å². The van der Waals surface area contributed by atoms with Crippen molar-refractivity contribution >= 4 is 16.8 Å². The van der Waals surface area contributed by atoms with Crippen molar-refractivity contribution in [2.24, 2.45) is 5.92 Å². The number of hydrogen-bond acceptors (Lipinski definition) is 3. The van der Waals surface area contributed by atoms with E-state index in [-0.39, 0.29) is 29.8 Å². The fraction of sp³-hybridized carbons (Fsp3) is 0.400. The molecular formula is C15H16F2N2O3. The van der Waals surface area contributed by atoms with Gasteiger partial charge in [-0.25, -0.2) is 0 Å².